The standard InChI is InChI=1S/C21H42B2O4/c1-11-17(4)23-25-19(7,8)21(10,27-23)14-13-20(9)18(5,6)24-22(26-20)15-12-16(2)3/h16-17H,11-15H2,1-10H3. The van der Waals surface area contributed by atoms with Gasteiger partial charge in [0.2, 0.25) is 0 Å². The molecular formula is C21H42B2O4. The summed E-state index contributed by atoms with van der Waals surface area (Å²) in [6.45, 7) is 21.9. The molecule has 0 N–H and O–H groups in total. The maximum absolute atomic E-state index is 6.48. The third kappa shape index (κ3) is 4.76. The zero-order valence-corrected chi connectivity index (χ0v) is 19.5. The van der Waals surface area contributed by atoms with E-state index in [9.17, 15) is 0 Å². The SMILES string of the molecule is CCC(C)B1OC(C)(C)C(C)(CCC2(C)OB(CCC(C)C)OC2(C)C)O1. The van der Waals surface area contributed by atoms with Gasteiger partial charge in [0.1, 0.15) is 0 Å². The lowest BCUT2D eigenvalue weighted by Crippen LogP contribution is -2.50. The van der Waals surface area contributed by atoms with E-state index < -0.39 is 0 Å². The van der Waals surface area contributed by atoms with E-state index in [1.54, 1.807) is 0 Å². The minimum Gasteiger partial charge on any atom is -0.403 e. The van der Waals surface area contributed by atoms with Crippen molar-refractivity contribution >= 4 is 14.2 Å². The lowest BCUT2D eigenvalue weighted by atomic mass is 9.71. The van der Waals surface area contributed by atoms with Crippen LogP contribution in [0.15, 0.2) is 0 Å². The first-order valence-electron chi connectivity index (χ1n) is 11.0. The van der Waals surface area contributed by atoms with Gasteiger partial charge in [-0.2, -0.15) is 0 Å². The van der Waals surface area contributed by atoms with E-state index in [4.69, 9.17) is 18.6 Å². The molecule has 0 spiro atoms. The second-order valence-corrected chi connectivity index (χ2v) is 10.6. The van der Waals surface area contributed by atoms with Gasteiger partial charge in [-0.05, 0) is 72.4 Å². The van der Waals surface area contributed by atoms with Gasteiger partial charge in [-0.1, -0.05) is 40.5 Å². The Morgan fingerprint density at radius 1 is 0.741 bits per heavy atom. The van der Waals surface area contributed by atoms with Gasteiger partial charge in [-0.3, -0.25) is 0 Å². The first-order chi connectivity index (χ1) is 12.3. The first-order valence-corrected chi connectivity index (χ1v) is 11.0. The summed E-state index contributed by atoms with van der Waals surface area (Å²) < 4.78 is 25.5. The molecule has 27 heavy (non-hydrogen) atoms. The van der Waals surface area contributed by atoms with Gasteiger partial charge < -0.3 is 18.6 Å². The Labute approximate surface area is 168 Å². The van der Waals surface area contributed by atoms with Crippen LogP contribution in [0.25, 0.3) is 0 Å². The molecule has 2 heterocycles. The van der Waals surface area contributed by atoms with E-state index >= 15 is 0 Å². The fourth-order valence-electron chi connectivity index (χ4n) is 3.96. The molecule has 0 aromatic heterocycles. The van der Waals surface area contributed by atoms with Gasteiger partial charge >= 0.3 is 14.2 Å². The second-order valence-electron chi connectivity index (χ2n) is 10.6. The van der Waals surface area contributed by atoms with Crippen molar-refractivity contribution in [1.29, 1.82) is 0 Å². The molecule has 2 rings (SSSR count). The molecule has 2 saturated heterocycles. The summed E-state index contributed by atoms with van der Waals surface area (Å²) in [5.74, 6) is 1.05. The molecular weight excluding hydrogens is 338 g/mol. The van der Waals surface area contributed by atoms with E-state index in [1.165, 1.54) is 0 Å². The van der Waals surface area contributed by atoms with E-state index in [1.807, 2.05) is 0 Å². The van der Waals surface area contributed by atoms with Crippen LogP contribution in [-0.2, 0) is 18.6 Å². The predicted octanol–water partition coefficient (Wildman–Crippen LogP) is 5.76. The van der Waals surface area contributed by atoms with Crippen molar-refractivity contribution in [2.45, 2.75) is 129 Å². The quantitative estimate of drug-likeness (QED) is 0.502. The molecule has 0 aromatic carbocycles. The highest BCUT2D eigenvalue weighted by atomic mass is 16.7. The van der Waals surface area contributed by atoms with Crippen molar-refractivity contribution in [2.75, 3.05) is 0 Å². The molecule has 2 aliphatic rings. The highest BCUT2D eigenvalue weighted by Gasteiger charge is 2.58. The second kappa shape index (κ2) is 8.01. The average Bonchev–Trinajstić information content (AvgIpc) is 2.93. The van der Waals surface area contributed by atoms with Gasteiger partial charge in [0.05, 0.1) is 22.4 Å². The van der Waals surface area contributed by atoms with Crippen LogP contribution in [0.5, 0.6) is 0 Å². The van der Waals surface area contributed by atoms with E-state index in [0.717, 1.165) is 32.0 Å². The Kier molecular flexibility index (Phi) is 6.89. The number of hydrogen-bond donors (Lipinski definition) is 0. The third-order valence-electron chi connectivity index (χ3n) is 7.32. The fourth-order valence-corrected chi connectivity index (χ4v) is 3.96. The maximum Gasteiger partial charge on any atom is 0.460 e. The molecule has 3 atom stereocenters. The van der Waals surface area contributed by atoms with Crippen LogP contribution in [-0.4, -0.2) is 36.6 Å². The Balaban J connectivity index is 2.05. The molecule has 2 aliphatic heterocycles. The molecule has 0 saturated carbocycles. The van der Waals surface area contributed by atoms with Gasteiger partial charge in [0.25, 0.3) is 0 Å². The summed E-state index contributed by atoms with van der Waals surface area (Å²) in [5, 5.41) is 0. The Morgan fingerprint density at radius 2 is 1.26 bits per heavy atom. The van der Waals surface area contributed by atoms with Gasteiger partial charge in [-0.15, -0.1) is 0 Å². The molecule has 2 fully saturated rings. The molecule has 0 aliphatic carbocycles. The molecule has 3 unspecified atom stereocenters. The van der Waals surface area contributed by atoms with E-state index in [2.05, 4.69) is 69.2 Å². The maximum atomic E-state index is 6.48. The third-order valence-corrected chi connectivity index (χ3v) is 7.32. The van der Waals surface area contributed by atoms with Crippen LogP contribution in [0.2, 0.25) is 12.1 Å². The summed E-state index contributed by atoms with van der Waals surface area (Å²) in [4.78, 5) is 0. The summed E-state index contributed by atoms with van der Waals surface area (Å²) in [5.41, 5.74) is -1.30. The minimum atomic E-state index is -0.334. The lowest BCUT2D eigenvalue weighted by molar-refractivity contribution is -0.0576. The summed E-state index contributed by atoms with van der Waals surface area (Å²) in [7, 11) is -0.239. The monoisotopic (exact) mass is 380 g/mol. The van der Waals surface area contributed by atoms with Crippen LogP contribution in [0.3, 0.4) is 0 Å². The van der Waals surface area contributed by atoms with Crippen LogP contribution >= 0.6 is 0 Å². The molecule has 6 heteroatoms. The summed E-state index contributed by atoms with van der Waals surface area (Å²) in [6, 6.07) is 0. The van der Waals surface area contributed by atoms with Crippen molar-refractivity contribution < 1.29 is 18.6 Å². The summed E-state index contributed by atoms with van der Waals surface area (Å²) in [6.07, 6.45) is 4.89. The lowest BCUT2D eigenvalue weighted by Gasteiger charge is -2.42. The van der Waals surface area contributed by atoms with Crippen LogP contribution in [0.1, 0.15) is 94.9 Å². The minimum absolute atomic E-state index is 0.109. The van der Waals surface area contributed by atoms with Gasteiger partial charge in [-0.25, -0.2) is 0 Å². The van der Waals surface area contributed by atoms with E-state index in [-0.39, 0.29) is 36.6 Å². The van der Waals surface area contributed by atoms with Crippen molar-refractivity contribution in [2.24, 2.45) is 5.92 Å². The molecule has 0 bridgehead atoms. The number of rotatable bonds is 8. The molecule has 0 radical (unpaired) electrons. The molecule has 0 amide bonds. The highest BCUT2D eigenvalue weighted by Crippen LogP contribution is 2.48. The van der Waals surface area contributed by atoms with Crippen LogP contribution < -0.4 is 0 Å². The van der Waals surface area contributed by atoms with Gasteiger partial charge in [0.15, 0.2) is 0 Å². The normalized spacial score (nSPS) is 33.9. The largest absolute Gasteiger partial charge is 0.460 e. The van der Waals surface area contributed by atoms with Crippen LogP contribution in [0.4, 0.5) is 0 Å². The fraction of sp³-hybridized carbons (Fsp3) is 1.00. The van der Waals surface area contributed by atoms with Crippen molar-refractivity contribution in [3.05, 3.63) is 0 Å². The summed E-state index contributed by atoms with van der Waals surface area (Å²) >= 11 is 0. The Bertz CT molecular complexity index is 510. The molecule has 156 valence electrons. The molecule has 0 aromatic rings. The molecule has 4 nitrogen and oxygen atoms in total. The van der Waals surface area contributed by atoms with E-state index in [0.29, 0.717) is 11.7 Å². The smallest absolute Gasteiger partial charge is 0.403 e. The van der Waals surface area contributed by atoms with Gasteiger partial charge in [0, 0.05) is 0 Å². The number of hydrogen-bond acceptors (Lipinski definition) is 4. The van der Waals surface area contributed by atoms with Crippen LogP contribution in [0, 0.1) is 5.92 Å². The average molecular weight is 380 g/mol. The Hall–Kier alpha value is -0.0301. The van der Waals surface area contributed by atoms with Crippen molar-refractivity contribution in [1.82, 2.24) is 0 Å². The highest BCUT2D eigenvalue weighted by molar-refractivity contribution is 6.47. The zero-order valence-electron chi connectivity index (χ0n) is 19.5. The Morgan fingerprint density at radius 3 is 1.78 bits per heavy atom. The topological polar surface area (TPSA) is 36.9 Å². The predicted molar refractivity (Wildman–Crippen MR) is 114 cm³/mol. The van der Waals surface area contributed by atoms with Crippen molar-refractivity contribution in [3.63, 3.8) is 0 Å². The zero-order chi connectivity index (χ0) is 20.7. The van der Waals surface area contributed by atoms with Crippen molar-refractivity contribution in [3.8, 4) is 0 Å². The first kappa shape index (κ1) is 23.3.